The maximum Gasteiger partial charge on any atom is 0.151 e. The third-order valence-electron chi connectivity index (χ3n) is 5.48. The fraction of sp³-hybridized carbons (Fsp3) is 1.00. The highest BCUT2D eigenvalue weighted by Crippen LogP contribution is 2.37. The summed E-state index contributed by atoms with van der Waals surface area (Å²) in [6, 6.07) is 0.574. The highest BCUT2D eigenvalue weighted by atomic mass is 32.2. The molecule has 0 aromatic rings. The molecular formula is C16H32N2O2S. The Balaban J connectivity index is 2.02. The number of hydrogen-bond acceptors (Lipinski definition) is 4. The second kappa shape index (κ2) is 6.97. The van der Waals surface area contributed by atoms with Gasteiger partial charge in [-0.1, -0.05) is 20.8 Å². The Morgan fingerprint density at radius 1 is 1.14 bits per heavy atom. The predicted molar refractivity (Wildman–Crippen MR) is 88.3 cm³/mol. The summed E-state index contributed by atoms with van der Waals surface area (Å²) in [6.45, 7) is 9.14. The van der Waals surface area contributed by atoms with Gasteiger partial charge in [-0.15, -0.1) is 0 Å². The lowest BCUT2D eigenvalue weighted by Gasteiger charge is -2.50. The standard InChI is InChI=1S/C16H32N2O2S/c1-4-10-21(19,20)11-9-18-12-15(14-7-8-14)17-13-16(18,5-2)6-3/h14-15,17H,4-13H2,1-3H3. The van der Waals surface area contributed by atoms with E-state index in [1.165, 1.54) is 12.8 Å². The van der Waals surface area contributed by atoms with Crippen molar-refractivity contribution in [1.82, 2.24) is 10.2 Å². The molecule has 1 aliphatic carbocycles. The van der Waals surface area contributed by atoms with Crippen molar-refractivity contribution in [2.24, 2.45) is 5.92 Å². The fourth-order valence-corrected chi connectivity index (χ4v) is 5.01. The smallest absolute Gasteiger partial charge is 0.151 e. The molecule has 2 rings (SSSR count). The van der Waals surface area contributed by atoms with E-state index in [9.17, 15) is 8.42 Å². The Hall–Kier alpha value is -0.130. The van der Waals surface area contributed by atoms with Gasteiger partial charge in [0.1, 0.15) is 0 Å². The Morgan fingerprint density at radius 3 is 2.33 bits per heavy atom. The molecule has 0 amide bonds. The molecule has 21 heavy (non-hydrogen) atoms. The van der Waals surface area contributed by atoms with Crippen LogP contribution >= 0.6 is 0 Å². The van der Waals surface area contributed by atoms with Gasteiger partial charge in [0, 0.05) is 37.0 Å². The van der Waals surface area contributed by atoms with Crippen molar-refractivity contribution in [3.63, 3.8) is 0 Å². The number of nitrogens with one attached hydrogen (secondary N) is 1. The zero-order valence-electron chi connectivity index (χ0n) is 13.9. The second-order valence-electron chi connectivity index (χ2n) is 6.85. The minimum atomic E-state index is -2.88. The van der Waals surface area contributed by atoms with Crippen LogP contribution in [-0.2, 0) is 9.84 Å². The number of hydrogen-bond donors (Lipinski definition) is 1. The van der Waals surface area contributed by atoms with Crippen LogP contribution < -0.4 is 5.32 Å². The normalized spacial score (nSPS) is 26.9. The highest BCUT2D eigenvalue weighted by molar-refractivity contribution is 7.91. The van der Waals surface area contributed by atoms with Crippen LogP contribution in [0.2, 0.25) is 0 Å². The summed E-state index contributed by atoms with van der Waals surface area (Å²) >= 11 is 0. The summed E-state index contributed by atoms with van der Waals surface area (Å²) in [5.74, 6) is 1.47. The van der Waals surface area contributed by atoms with Crippen molar-refractivity contribution in [3.8, 4) is 0 Å². The molecule has 0 aromatic heterocycles. The molecule has 2 fully saturated rings. The van der Waals surface area contributed by atoms with Crippen molar-refractivity contribution >= 4 is 9.84 Å². The summed E-state index contributed by atoms with van der Waals surface area (Å²) in [5.41, 5.74) is 0.146. The van der Waals surface area contributed by atoms with E-state index in [0.29, 0.717) is 24.1 Å². The molecule has 1 atom stereocenters. The van der Waals surface area contributed by atoms with E-state index < -0.39 is 9.84 Å². The average Bonchev–Trinajstić information content (AvgIpc) is 3.29. The predicted octanol–water partition coefficient (Wildman–Crippen LogP) is 2.05. The quantitative estimate of drug-likeness (QED) is 0.744. The largest absolute Gasteiger partial charge is 0.311 e. The second-order valence-corrected chi connectivity index (χ2v) is 9.16. The van der Waals surface area contributed by atoms with Crippen LogP contribution in [0.1, 0.15) is 52.9 Å². The maximum absolute atomic E-state index is 12.0. The molecule has 124 valence electrons. The first-order chi connectivity index (χ1) is 9.96. The monoisotopic (exact) mass is 316 g/mol. The average molecular weight is 317 g/mol. The van der Waals surface area contributed by atoms with E-state index in [2.05, 4.69) is 24.1 Å². The molecular weight excluding hydrogens is 284 g/mol. The maximum atomic E-state index is 12.0. The van der Waals surface area contributed by atoms with Gasteiger partial charge in [-0.05, 0) is 38.0 Å². The molecule has 1 N–H and O–H groups in total. The molecule has 1 saturated carbocycles. The molecule has 1 unspecified atom stereocenters. The van der Waals surface area contributed by atoms with E-state index in [-0.39, 0.29) is 5.54 Å². The van der Waals surface area contributed by atoms with Crippen LogP contribution in [0.3, 0.4) is 0 Å². The van der Waals surface area contributed by atoms with Gasteiger partial charge in [0.05, 0.1) is 5.75 Å². The minimum absolute atomic E-state index is 0.146. The van der Waals surface area contributed by atoms with Gasteiger partial charge in [-0.2, -0.15) is 0 Å². The van der Waals surface area contributed by atoms with Crippen molar-refractivity contribution < 1.29 is 8.42 Å². The number of piperazine rings is 1. The Morgan fingerprint density at radius 2 is 1.81 bits per heavy atom. The van der Waals surface area contributed by atoms with Crippen molar-refractivity contribution in [2.75, 3.05) is 31.1 Å². The summed E-state index contributed by atoms with van der Waals surface area (Å²) in [6.07, 6.45) is 5.57. The molecule has 1 saturated heterocycles. The number of sulfone groups is 1. The number of rotatable bonds is 8. The van der Waals surface area contributed by atoms with Crippen LogP contribution in [0.15, 0.2) is 0 Å². The first kappa shape index (κ1) is 17.2. The zero-order chi connectivity index (χ0) is 15.5. The third kappa shape index (κ3) is 4.20. The van der Waals surface area contributed by atoms with Crippen LogP contribution in [0.25, 0.3) is 0 Å². The van der Waals surface area contributed by atoms with Crippen LogP contribution in [0.5, 0.6) is 0 Å². The van der Waals surface area contributed by atoms with Gasteiger partial charge in [0.25, 0.3) is 0 Å². The fourth-order valence-electron chi connectivity index (χ4n) is 3.68. The first-order valence-electron chi connectivity index (χ1n) is 8.65. The Kier molecular flexibility index (Phi) is 5.71. The molecule has 2 aliphatic rings. The molecule has 0 spiro atoms. The van der Waals surface area contributed by atoms with Gasteiger partial charge < -0.3 is 5.32 Å². The molecule has 1 aliphatic heterocycles. The van der Waals surface area contributed by atoms with E-state index >= 15 is 0 Å². The summed E-state index contributed by atoms with van der Waals surface area (Å²) in [4.78, 5) is 2.49. The lowest BCUT2D eigenvalue weighted by molar-refractivity contribution is 0.0327. The van der Waals surface area contributed by atoms with E-state index in [1.807, 2.05) is 6.92 Å². The van der Waals surface area contributed by atoms with E-state index in [1.54, 1.807) is 0 Å². The molecule has 0 radical (unpaired) electrons. The highest BCUT2D eigenvalue weighted by Gasteiger charge is 2.43. The van der Waals surface area contributed by atoms with E-state index in [0.717, 1.165) is 38.3 Å². The summed E-state index contributed by atoms with van der Waals surface area (Å²) in [7, 11) is -2.88. The van der Waals surface area contributed by atoms with E-state index in [4.69, 9.17) is 0 Å². The summed E-state index contributed by atoms with van der Waals surface area (Å²) in [5, 5.41) is 3.73. The van der Waals surface area contributed by atoms with Crippen molar-refractivity contribution in [1.29, 1.82) is 0 Å². The lowest BCUT2D eigenvalue weighted by Crippen LogP contribution is -2.65. The van der Waals surface area contributed by atoms with Crippen LogP contribution in [-0.4, -0.2) is 56.0 Å². The SMILES string of the molecule is CCCS(=O)(=O)CCN1CC(C2CC2)NCC1(CC)CC. The molecule has 1 heterocycles. The van der Waals surface area contributed by atoms with Crippen molar-refractivity contribution in [3.05, 3.63) is 0 Å². The first-order valence-corrected chi connectivity index (χ1v) is 10.5. The van der Waals surface area contributed by atoms with Gasteiger partial charge in [-0.25, -0.2) is 8.42 Å². The Bertz CT molecular complexity index is 428. The lowest BCUT2D eigenvalue weighted by atomic mass is 9.86. The van der Waals surface area contributed by atoms with Gasteiger partial charge in [0.15, 0.2) is 9.84 Å². The number of nitrogens with zero attached hydrogens (tertiary/aromatic N) is 1. The minimum Gasteiger partial charge on any atom is -0.311 e. The molecule has 0 aromatic carbocycles. The molecule has 4 nitrogen and oxygen atoms in total. The van der Waals surface area contributed by atoms with Crippen molar-refractivity contribution in [2.45, 2.75) is 64.5 Å². The van der Waals surface area contributed by atoms with Crippen LogP contribution in [0.4, 0.5) is 0 Å². The Labute approximate surface area is 130 Å². The molecule has 5 heteroatoms. The van der Waals surface area contributed by atoms with Gasteiger partial charge in [-0.3, -0.25) is 4.90 Å². The van der Waals surface area contributed by atoms with Gasteiger partial charge in [0.2, 0.25) is 0 Å². The third-order valence-corrected chi connectivity index (χ3v) is 7.31. The van der Waals surface area contributed by atoms with Gasteiger partial charge >= 0.3 is 0 Å². The summed E-state index contributed by atoms with van der Waals surface area (Å²) < 4.78 is 24.1. The van der Waals surface area contributed by atoms with Crippen LogP contribution in [0, 0.1) is 5.92 Å². The zero-order valence-corrected chi connectivity index (χ0v) is 14.7. The molecule has 0 bridgehead atoms. The topological polar surface area (TPSA) is 49.4 Å².